The van der Waals surface area contributed by atoms with Gasteiger partial charge in [0, 0.05) is 5.39 Å². The third kappa shape index (κ3) is 2.56. The number of hydrogen-bond donors (Lipinski definition) is 0. The number of ether oxygens (including phenoxy) is 1. The summed E-state index contributed by atoms with van der Waals surface area (Å²) in [7, 11) is 0. The van der Waals surface area contributed by atoms with E-state index in [1.807, 2.05) is 12.1 Å². The van der Waals surface area contributed by atoms with Crippen LogP contribution < -0.4 is 0 Å². The highest BCUT2D eigenvalue weighted by Crippen LogP contribution is 2.29. The second-order valence-corrected chi connectivity index (χ2v) is 5.91. The number of para-hydroxylation sites is 1. The summed E-state index contributed by atoms with van der Waals surface area (Å²) in [5.41, 5.74) is 0.496. The molecule has 1 aromatic carbocycles. The highest BCUT2D eigenvalue weighted by atomic mass is 79.9. The quantitative estimate of drug-likeness (QED) is 0.745. The minimum Gasteiger partial charge on any atom is -0.443 e. The lowest BCUT2D eigenvalue weighted by Crippen LogP contribution is -2.27. The summed E-state index contributed by atoms with van der Waals surface area (Å²) < 4.78 is 7.13. The number of rotatable bonds is 1. The molecule has 1 heterocycles. The van der Waals surface area contributed by atoms with Crippen LogP contribution in [-0.2, 0) is 4.74 Å². The molecule has 2 rings (SSSR count). The second kappa shape index (κ2) is 4.81. The maximum Gasteiger partial charge on any atom is 0.419 e. The first-order valence-corrected chi connectivity index (χ1v) is 6.62. The van der Waals surface area contributed by atoms with Crippen molar-refractivity contribution in [2.75, 3.05) is 0 Å². The van der Waals surface area contributed by atoms with Crippen LogP contribution in [0.4, 0.5) is 4.79 Å². The van der Waals surface area contributed by atoms with E-state index >= 15 is 0 Å². The highest BCUT2D eigenvalue weighted by Gasteiger charge is 2.24. The molecule has 0 unspecified atom stereocenters. The molecule has 0 spiro atoms. The summed E-state index contributed by atoms with van der Waals surface area (Å²) in [6, 6.07) is 7.20. The Hall–Kier alpha value is -1.62. The lowest BCUT2D eigenvalue weighted by Gasteiger charge is -2.20. The van der Waals surface area contributed by atoms with Crippen molar-refractivity contribution in [2.45, 2.75) is 26.4 Å². The molecular weight excluding hydrogens is 310 g/mol. The van der Waals surface area contributed by atoms with Crippen molar-refractivity contribution in [1.29, 1.82) is 0 Å². The lowest BCUT2D eigenvalue weighted by molar-refractivity contribution is 0.0541. The van der Waals surface area contributed by atoms with Crippen LogP contribution in [0.3, 0.4) is 0 Å². The van der Waals surface area contributed by atoms with E-state index in [1.165, 1.54) is 4.57 Å². The van der Waals surface area contributed by atoms with Gasteiger partial charge in [-0.2, -0.15) is 0 Å². The fraction of sp³-hybridized carbons (Fsp3) is 0.286. The van der Waals surface area contributed by atoms with Gasteiger partial charge in [-0.25, -0.2) is 9.36 Å². The molecule has 1 aromatic heterocycles. The Morgan fingerprint density at radius 1 is 1.32 bits per heavy atom. The van der Waals surface area contributed by atoms with Crippen LogP contribution in [0.15, 0.2) is 28.9 Å². The smallest absolute Gasteiger partial charge is 0.419 e. The molecule has 0 N–H and O–H groups in total. The third-order valence-corrected chi connectivity index (χ3v) is 3.33. The van der Waals surface area contributed by atoms with Crippen LogP contribution in [0.1, 0.15) is 31.1 Å². The number of carbonyl (C=O) groups excluding carboxylic acids is 2. The largest absolute Gasteiger partial charge is 0.443 e. The van der Waals surface area contributed by atoms with E-state index in [-0.39, 0.29) is 0 Å². The van der Waals surface area contributed by atoms with E-state index in [4.69, 9.17) is 4.74 Å². The molecule has 0 aliphatic carbocycles. The molecule has 2 aromatic rings. The minimum atomic E-state index is -0.594. The predicted molar refractivity (Wildman–Crippen MR) is 76.7 cm³/mol. The minimum absolute atomic E-state index is 0.415. The van der Waals surface area contributed by atoms with Crippen molar-refractivity contribution in [2.24, 2.45) is 0 Å². The van der Waals surface area contributed by atoms with E-state index in [0.29, 0.717) is 15.7 Å². The Bertz CT molecular complexity index is 652. The number of hydrogen-bond acceptors (Lipinski definition) is 3. The van der Waals surface area contributed by atoms with Gasteiger partial charge in [0.1, 0.15) is 10.2 Å². The summed E-state index contributed by atoms with van der Waals surface area (Å²) in [5, 5.41) is 0.718. The maximum absolute atomic E-state index is 12.2. The molecular formula is C14H14BrNO3. The van der Waals surface area contributed by atoms with Gasteiger partial charge < -0.3 is 4.74 Å². The van der Waals surface area contributed by atoms with Gasteiger partial charge in [-0.05, 0) is 42.8 Å². The van der Waals surface area contributed by atoms with Crippen LogP contribution in [0.5, 0.6) is 0 Å². The zero-order valence-electron chi connectivity index (χ0n) is 10.9. The SMILES string of the molecule is CC(C)(C)OC(=O)n1c(Br)c(C=O)c2ccccc21. The van der Waals surface area contributed by atoms with E-state index in [1.54, 1.807) is 32.9 Å². The Morgan fingerprint density at radius 3 is 2.53 bits per heavy atom. The Balaban J connectivity index is 2.63. The van der Waals surface area contributed by atoms with Crippen LogP contribution in [0, 0.1) is 0 Å². The molecule has 19 heavy (non-hydrogen) atoms. The van der Waals surface area contributed by atoms with E-state index in [0.717, 1.165) is 11.7 Å². The fourth-order valence-corrected chi connectivity index (χ4v) is 2.47. The zero-order chi connectivity index (χ0) is 14.2. The maximum atomic E-state index is 12.2. The number of aromatic nitrogens is 1. The van der Waals surface area contributed by atoms with E-state index < -0.39 is 11.7 Å². The van der Waals surface area contributed by atoms with Crippen LogP contribution in [-0.4, -0.2) is 22.5 Å². The molecule has 0 atom stereocenters. The average molecular weight is 324 g/mol. The van der Waals surface area contributed by atoms with Gasteiger partial charge in [0.25, 0.3) is 0 Å². The standard InChI is InChI=1S/C14H14BrNO3/c1-14(2,3)19-13(18)16-11-7-5-4-6-9(11)10(8-17)12(16)15/h4-8H,1-3H3. The molecule has 0 aliphatic heterocycles. The first-order valence-electron chi connectivity index (χ1n) is 5.82. The summed E-state index contributed by atoms with van der Waals surface area (Å²) in [4.78, 5) is 23.4. The van der Waals surface area contributed by atoms with Gasteiger partial charge in [-0.15, -0.1) is 0 Å². The molecule has 100 valence electrons. The first-order chi connectivity index (χ1) is 8.85. The van der Waals surface area contributed by atoms with Crippen molar-refractivity contribution < 1.29 is 14.3 Å². The molecule has 0 fully saturated rings. The fourth-order valence-electron chi connectivity index (χ4n) is 1.83. The van der Waals surface area contributed by atoms with Crippen LogP contribution >= 0.6 is 15.9 Å². The molecule has 0 saturated carbocycles. The number of benzene rings is 1. The van der Waals surface area contributed by atoms with Crippen LogP contribution in [0.25, 0.3) is 10.9 Å². The van der Waals surface area contributed by atoms with Gasteiger partial charge in [-0.1, -0.05) is 18.2 Å². The summed E-state index contributed by atoms with van der Waals surface area (Å²) >= 11 is 3.29. The van der Waals surface area contributed by atoms with Crippen molar-refractivity contribution in [1.82, 2.24) is 4.57 Å². The van der Waals surface area contributed by atoms with Crippen LogP contribution in [0.2, 0.25) is 0 Å². The Labute approximate surface area is 119 Å². The molecule has 0 aliphatic rings. The Morgan fingerprint density at radius 2 is 1.95 bits per heavy atom. The monoisotopic (exact) mass is 323 g/mol. The predicted octanol–water partition coefficient (Wildman–Crippen LogP) is 4.00. The van der Waals surface area contributed by atoms with Crippen molar-refractivity contribution in [3.8, 4) is 0 Å². The number of carbonyl (C=O) groups is 2. The summed E-state index contributed by atoms with van der Waals surface area (Å²) in [6.07, 6.45) is 0.219. The molecule has 5 heteroatoms. The lowest BCUT2D eigenvalue weighted by atomic mass is 10.2. The van der Waals surface area contributed by atoms with E-state index in [9.17, 15) is 9.59 Å². The molecule has 4 nitrogen and oxygen atoms in total. The second-order valence-electron chi connectivity index (χ2n) is 5.16. The summed E-state index contributed by atoms with van der Waals surface area (Å²) in [5.74, 6) is 0. The van der Waals surface area contributed by atoms with Gasteiger partial charge in [0.15, 0.2) is 6.29 Å². The van der Waals surface area contributed by atoms with Gasteiger partial charge >= 0.3 is 6.09 Å². The topological polar surface area (TPSA) is 48.3 Å². The first kappa shape index (κ1) is 13.8. The molecule has 0 radical (unpaired) electrons. The third-order valence-electron chi connectivity index (χ3n) is 2.55. The van der Waals surface area contributed by atoms with Gasteiger partial charge in [-0.3, -0.25) is 4.79 Å². The van der Waals surface area contributed by atoms with Crippen molar-refractivity contribution >= 4 is 39.2 Å². The molecule has 0 amide bonds. The normalized spacial score (nSPS) is 11.6. The number of halogens is 1. The summed E-state index contributed by atoms with van der Waals surface area (Å²) in [6.45, 7) is 5.39. The zero-order valence-corrected chi connectivity index (χ0v) is 12.5. The molecule has 0 bridgehead atoms. The van der Waals surface area contributed by atoms with Crippen molar-refractivity contribution in [3.63, 3.8) is 0 Å². The van der Waals surface area contributed by atoms with Gasteiger partial charge in [0.2, 0.25) is 0 Å². The van der Waals surface area contributed by atoms with Gasteiger partial charge in [0.05, 0.1) is 11.1 Å². The number of aldehydes is 1. The van der Waals surface area contributed by atoms with E-state index in [2.05, 4.69) is 15.9 Å². The number of fused-ring (bicyclic) bond motifs is 1. The average Bonchev–Trinajstić information content (AvgIpc) is 2.58. The highest BCUT2D eigenvalue weighted by molar-refractivity contribution is 9.10. The Kier molecular flexibility index (Phi) is 3.49. The van der Waals surface area contributed by atoms with Crippen molar-refractivity contribution in [3.05, 3.63) is 34.4 Å². The number of nitrogens with zero attached hydrogens (tertiary/aromatic N) is 1. The molecule has 0 saturated heterocycles.